The van der Waals surface area contributed by atoms with Crippen molar-refractivity contribution in [2.24, 2.45) is 5.92 Å². The number of rotatable bonds is 4. The molecule has 1 aromatic rings. The van der Waals surface area contributed by atoms with Crippen LogP contribution in [-0.2, 0) is 4.79 Å². The number of benzene rings is 1. The van der Waals surface area contributed by atoms with Crippen LogP contribution in [0.25, 0.3) is 0 Å². The molecule has 0 saturated heterocycles. The summed E-state index contributed by atoms with van der Waals surface area (Å²) in [4.78, 5) is 13.6. The van der Waals surface area contributed by atoms with E-state index in [1.807, 2.05) is 38.1 Å². The molecule has 3 nitrogen and oxygen atoms in total. The summed E-state index contributed by atoms with van der Waals surface area (Å²) in [5.74, 6) is -0.662. The SMILES string of the molecule is CCCC(C#N)C(=O)N(C)c1ccc(C)cc1. The van der Waals surface area contributed by atoms with Crippen molar-refractivity contribution >= 4 is 11.6 Å². The van der Waals surface area contributed by atoms with Crippen LogP contribution in [0.3, 0.4) is 0 Å². The number of nitrogens with zero attached hydrogens (tertiary/aromatic N) is 2. The van der Waals surface area contributed by atoms with Gasteiger partial charge in [-0.15, -0.1) is 0 Å². The smallest absolute Gasteiger partial charge is 0.244 e. The maximum Gasteiger partial charge on any atom is 0.244 e. The summed E-state index contributed by atoms with van der Waals surface area (Å²) in [6, 6.07) is 9.78. The van der Waals surface area contributed by atoms with Gasteiger partial charge in [-0.25, -0.2) is 0 Å². The fourth-order valence-corrected chi connectivity index (χ4v) is 1.66. The van der Waals surface area contributed by atoms with E-state index >= 15 is 0 Å². The number of carbonyl (C=O) groups is 1. The van der Waals surface area contributed by atoms with Crippen LogP contribution in [0.2, 0.25) is 0 Å². The van der Waals surface area contributed by atoms with Crippen LogP contribution in [0.4, 0.5) is 5.69 Å². The van der Waals surface area contributed by atoms with Gasteiger partial charge in [0, 0.05) is 12.7 Å². The van der Waals surface area contributed by atoms with Gasteiger partial charge >= 0.3 is 0 Å². The monoisotopic (exact) mass is 230 g/mol. The summed E-state index contributed by atoms with van der Waals surface area (Å²) in [6.45, 7) is 3.98. The molecule has 0 aliphatic carbocycles. The van der Waals surface area contributed by atoms with E-state index in [0.717, 1.165) is 17.7 Å². The van der Waals surface area contributed by atoms with Crippen LogP contribution in [0, 0.1) is 24.2 Å². The second kappa shape index (κ2) is 6.05. The Balaban J connectivity index is 2.82. The molecule has 0 saturated carbocycles. The Morgan fingerprint density at radius 3 is 2.47 bits per heavy atom. The highest BCUT2D eigenvalue weighted by Gasteiger charge is 2.21. The molecule has 0 aliphatic heterocycles. The van der Waals surface area contributed by atoms with Crippen LogP contribution in [0.1, 0.15) is 25.3 Å². The highest BCUT2D eigenvalue weighted by molar-refractivity contribution is 5.95. The molecule has 3 heteroatoms. The topological polar surface area (TPSA) is 44.1 Å². The summed E-state index contributed by atoms with van der Waals surface area (Å²) in [5, 5.41) is 8.97. The third-order valence-electron chi connectivity index (χ3n) is 2.78. The van der Waals surface area contributed by atoms with Crippen molar-refractivity contribution < 1.29 is 4.79 Å². The van der Waals surface area contributed by atoms with Crippen LogP contribution in [0.5, 0.6) is 0 Å². The molecule has 1 unspecified atom stereocenters. The zero-order valence-electron chi connectivity index (χ0n) is 10.6. The third-order valence-corrected chi connectivity index (χ3v) is 2.78. The summed E-state index contributed by atoms with van der Waals surface area (Å²) in [5.41, 5.74) is 1.98. The molecule has 0 spiro atoms. The molecule has 0 aliphatic rings. The molecule has 90 valence electrons. The normalized spacial score (nSPS) is 11.6. The molecule has 0 fully saturated rings. The zero-order chi connectivity index (χ0) is 12.8. The zero-order valence-corrected chi connectivity index (χ0v) is 10.6. The molecule has 1 rings (SSSR count). The van der Waals surface area contributed by atoms with Crippen molar-refractivity contribution in [1.82, 2.24) is 0 Å². The number of aryl methyl sites for hydroxylation is 1. The van der Waals surface area contributed by atoms with E-state index in [1.165, 1.54) is 0 Å². The van der Waals surface area contributed by atoms with E-state index in [-0.39, 0.29) is 5.91 Å². The largest absolute Gasteiger partial charge is 0.314 e. The van der Waals surface area contributed by atoms with E-state index in [2.05, 4.69) is 6.07 Å². The first-order chi connectivity index (χ1) is 8.10. The van der Waals surface area contributed by atoms with Crippen molar-refractivity contribution in [1.29, 1.82) is 5.26 Å². The Morgan fingerprint density at radius 1 is 1.41 bits per heavy atom. The predicted octanol–water partition coefficient (Wildman–Crippen LogP) is 2.90. The van der Waals surface area contributed by atoms with Gasteiger partial charge in [-0.2, -0.15) is 5.26 Å². The van der Waals surface area contributed by atoms with Crippen molar-refractivity contribution in [3.05, 3.63) is 29.8 Å². The minimum absolute atomic E-state index is 0.127. The maximum absolute atomic E-state index is 12.1. The van der Waals surface area contributed by atoms with Crippen molar-refractivity contribution in [3.8, 4) is 6.07 Å². The van der Waals surface area contributed by atoms with Crippen molar-refractivity contribution in [2.75, 3.05) is 11.9 Å². The van der Waals surface area contributed by atoms with Gasteiger partial charge < -0.3 is 4.90 Å². The van der Waals surface area contributed by atoms with Gasteiger partial charge in [0.25, 0.3) is 0 Å². The van der Waals surface area contributed by atoms with Crippen LogP contribution in [0.15, 0.2) is 24.3 Å². The minimum Gasteiger partial charge on any atom is -0.314 e. The standard InChI is InChI=1S/C14H18N2O/c1-4-5-12(10-15)14(17)16(3)13-8-6-11(2)7-9-13/h6-9,12H,4-5H2,1-3H3. The first kappa shape index (κ1) is 13.2. The Labute approximate surface area is 103 Å². The minimum atomic E-state index is -0.536. The lowest BCUT2D eigenvalue weighted by molar-refractivity contribution is -0.120. The van der Waals surface area contributed by atoms with E-state index in [0.29, 0.717) is 6.42 Å². The number of hydrogen-bond donors (Lipinski definition) is 0. The van der Waals surface area contributed by atoms with E-state index in [1.54, 1.807) is 11.9 Å². The predicted molar refractivity (Wildman–Crippen MR) is 68.6 cm³/mol. The van der Waals surface area contributed by atoms with Gasteiger partial charge in [0.1, 0.15) is 5.92 Å². The summed E-state index contributed by atoms with van der Waals surface area (Å²) in [7, 11) is 1.72. The first-order valence-electron chi connectivity index (χ1n) is 5.84. The molecule has 1 amide bonds. The van der Waals surface area contributed by atoms with Crippen LogP contribution >= 0.6 is 0 Å². The van der Waals surface area contributed by atoms with Gasteiger partial charge in [-0.1, -0.05) is 31.0 Å². The molecule has 0 N–H and O–H groups in total. The quantitative estimate of drug-likeness (QED) is 0.798. The third kappa shape index (κ3) is 3.32. The summed E-state index contributed by atoms with van der Waals surface area (Å²) in [6.07, 6.45) is 1.46. The van der Waals surface area contributed by atoms with Gasteiger partial charge in [0.2, 0.25) is 5.91 Å². The molecule has 17 heavy (non-hydrogen) atoms. The number of hydrogen-bond acceptors (Lipinski definition) is 2. The van der Waals surface area contributed by atoms with Gasteiger partial charge in [-0.05, 0) is 25.5 Å². The van der Waals surface area contributed by atoms with Gasteiger partial charge in [-0.3, -0.25) is 4.79 Å². The first-order valence-corrected chi connectivity index (χ1v) is 5.84. The highest BCUT2D eigenvalue weighted by Crippen LogP contribution is 2.17. The molecular formula is C14H18N2O. The maximum atomic E-state index is 12.1. The average Bonchev–Trinajstić information content (AvgIpc) is 2.35. The van der Waals surface area contributed by atoms with Crippen molar-refractivity contribution in [3.63, 3.8) is 0 Å². The Hall–Kier alpha value is -1.82. The van der Waals surface area contributed by atoms with Crippen LogP contribution < -0.4 is 4.90 Å². The number of carbonyl (C=O) groups excluding carboxylic acids is 1. The van der Waals surface area contributed by atoms with E-state index in [4.69, 9.17) is 5.26 Å². The average molecular weight is 230 g/mol. The van der Waals surface area contributed by atoms with Crippen LogP contribution in [-0.4, -0.2) is 13.0 Å². The lowest BCUT2D eigenvalue weighted by Gasteiger charge is -2.20. The lowest BCUT2D eigenvalue weighted by atomic mass is 10.0. The number of nitriles is 1. The van der Waals surface area contributed by atoms with Gasteiger partial charge in [0.15, 0.2) is 0 Å². The Bertz CT molecular complexity index is 417. The fourth-order valence-electron chi connectivity index (χ4n) is 1.66. The molecule has 0 radical (unpaired) electrons. The second-order valence-corrected chi connectivity index (χ2v) is 4.20. The second-order valence-electron chi connectivity index (χ2n) is 4.20. The molecule has 0 bridgehead atoms. The number of anilines is 1. The summed E-state index contributed by atoms with van der Waals surface area (Å²) >= 11 is 0. The fraction of sp³-hybridized carbons (Fsp3) is 0.429. The van der Waals surface area contributed by atoms with Gasteiger partial charge in [0.05, 0.1) is 6.07 Å². The molecule has 1 atom stereocenters. The molecule has 1 aromatic carbocycles. The summed E-state index contributed by atoms with van der Waals surface area (Å²) < 4.78 is 0. The Kier molecular flexibility index (Phi) is 4.71. The molecular weight excluding hydrogens is 212 g/mol. The van der Waals surface area contributed by atoms with E-state index < -0.39 is 5.92 Å². The van der Waals surface area contributed by atoms with Crippen molar-refractivity contribution in [2.45, 2.75) is 26.7 Å². The Morgan fingerprint density at radius 2 is 2.00 bits per heavy atom. The molecule has 0 heterocycles. The number of amides is 1. The lowest BCUT2D eigenvalue weighted by Crippen LogP contribution is -2.32. The molecule has 0 aromatic heterocycles. The highest BCUT2D eigenvalue weighted by atomic mass is 16.2. The van der Waals surface area contributed by atoms with E-state index in [9.17, 15) is 4.79 Å².